The Hall–Kier alpha value is -3.08. The van der Waals surface area contributed by atoms with Gasteiger partial charge < -0.3 is 10.1 Å². The number of carbonyl (C=O) groups is 1. The van der Waals surface area contributed by atoms with Crippen LogP contribution in [0.25, 0.3) is 0 Å². The highest BCUT2D eigenvalue weighted by molar-refractivity contribution is 7.91. The van der Waals surface area contributed by atoms with E-state index < -0.39 is 21.7 Å². The van der Waals surface area contributed by atoms with Crippen LogP contribution in [0.3, 0.4) is 0 Å². The number of halogens is 2. The number of hydrogen-bond donors (Lipinski definition) is 3. The van der Waals surface area contributed by atoms with E-state index in [1.807, 2.05) is 0 Å². The highest BCUT2D eigenvalue weighted by Crippen LogP contribution is 2.25. The number of anilines is 4. The highest BCUT2D eigenvalue weighted by atomic mass is 35.5. The minimum absolute atomic E-state index is 0.0261. The molecule has 0 aliphatic carbocycles. The van der Waals surface area contributed by atoms with E-state index in [2.05, 4.69) is 25.3 Å². The van der Waals surface area contributed by atoms with Gasteiger partial charge in [0, 0.05) is 11.4 Å². The SMILES string of the molecule is CC(C)(C)OC(=O)Nc1cccc(NS(=O)(=O)Cc2cccc(Nc3nc(Cl)ncc3Cl)c2)c1. The molecule has 3 rings (SSSR count). The first-order chi connectivity index (χ1) is 15.9. The van der Waals surface area contributed by atoms with Gasteiger partial charge in [0.25, 0.3) is 0 Å². The second kappa shape index (κ2) is 10.5. The van der Waals surface area contributed by atoms with Crippen molar-refractivity contribution in [3.8, 4) is 0 Å². The number of hydrogen-bond acceptors (Lipinski definition) is 7. The minimum atomic E-state index is -3.76. The van der Waals surface area contributed by atoms with Crippen LogP contribution in [0.1, 0.15) is 26.3 Å². The largest absolute Gasteiger partial charge is 0.444 e. The summed E-state index contributed by atoms with van der Waals surface area (Å²) < 4.78 is 33.2. The number of carbonyl (C=O) groups excluding carboxylic acids is 1. The zero-order valence-electron chi connectivity index (χ0n) is 18.6. The number of nitrogens with zero attached hydrogens (tertiary/aromatic N) is 2. The predicted octanol–water partition coefficient (Wildman–Crippen LogP) is 5.82. The Balaban J connectivity index is 1.68. The monoisotopic (exact) mass is 523 g/mol. The normalized spacial score (nSPS) is 11.6. The molecule has 0 aliphatic heterocycles. The van der Waals surface area contributed by atoms with Crippen molar-refractivity contribution in [2.75, 3.05) is 15.4 Å². The lowest BCUT2D eigenvalue weighted by Crippen LogP contribution is -2.27. The van der Waals surface area contributed by atoms with E-state index in [0.29, 0.717) is 28.4 Å². The van der Waals surface area contributed by atoms with Gasteiger partial charge in [-0.15, -0.1) is 0 Å². The van der Waals surface area contributed by atoms with E-state index in [0.717, 1.165) is 0 Å². The lowest BCUT2D eigenvalue weighted by molar-refractivity contribution is 0.0636. The van der Waals surface area contributed by atoms with E-state index >= 15 is 0 Å². The molecule has 0 radical (unpaired) electrons. The maximum Gasteiger partial charge on any atom is 0.412 e. The van der Waals surface area contributed by atoms with Gasteiger partial charge in [0.05, 0.1) is 17.6 Å². The van der Waals surface area contributed by atoms with Gasteiger partial charge in [-0.25, -0.2) is 18.2 Å². The number of rotatable bonds is 7. The van der Waals surface area contributed by atoms with E-state index in [1.165, 1.54) is 12.3 Å². The van der Waals surface area contributed by atoms with Crippen LogP contribution < -0.4 is 15.4 Å². The third-order valence-corrected chi connectivity index (χ3v) is 5.76. The lowest BCUT2D eigenvalue weighted by atomic mass is 10.2. The molecule has 180 valence electrons. The Labute approximate surface area is 207 Å². The van der Waals surface area contributed by atoms with Crippen LogP contribution >= 0.6 is 23.2 Å². The molecule has 0 atom stereocenters. The molecule has 1 aromatic heterocycles. The predicted molar refractivity (Wildman–Crippen MR) is 134 cm³/mol. The fourth-order valence-corrected chi connectivity index (χ4v) is 4.27. The van der Waals surface area contributed by atoms with Gasteiger partial charge in [-0.2, -0.15) is 4.98 Å². The Morgan fingerprint density at radius 2 is 1.71 bits per heavy atom. The van der Waals surface area contributed by atoms with Gasteiger partial charge in [-0.1, -0.05) is 29.8 Å². The van der Waals surface area contributed by atoms with Gasteiger partial charge >= 0.3 is 6.09 Å². The minimum Gasteiger partial charge on any atom is -0.444 e. The number of benzene rings is 2. The summed E-state index contributed by atoms with van der Waals surface area (Å²) in [5.74, 6) is 0.0129. The van der Waals surface area contributed by atoms with Gasteiger partial charge in [0.1, 0.15) is 10.6 Å². The molecule has 3 N–H and O–H groups in total. The average Bonchev–Trinajstić information content (AvgIpc) is 2.69. The fraction of sp³-hybridized carbons (Fsp3) is 0.227. The first-order valence-electron chi connectivity index (χ1n) is 10.0. The first-order valence-corrected chi connectivity index (χ1v) is 12.4. The molecule has 3 aromatic rings. The van der Waals surface area contributed by atoms with Crippen LogP contribution in [0.4, 0.5) is 27.7 Å². The molecule has 0 fully saturated rings. The first kappa shape index (κ1) is 25.5. The maximum atomic E-state index is 12.8. The summed E-state index contributed by atoms with van der Waals surface area (Å²) in [6, 6.07) is 13.1. The van der Waals surface area contributed by atoms with E-state index in [9.17, 15) is 13.2 Å². The lowest BCUT2D eigenvalue weighted by Gasteiger charge is -2.19. The zero-order chi connectivity index (χ0) is 24.9. The number of aromatic nitrogens is 2. The molecular formula is C22H23Cl2N5O4S. The zero-order valence-corrected chi connectivity index (χ0v) is 20.9. The molecule has 2 aromatic carbocycles. The highest BCUT2D eigenvalue weighted by Gasteiger charge is 2.17. The summed E-state index contributed by atoms with van der Waals surface area (Å²) in [5, 5.41) is 5.87. The smallest absolute Gasteiger partial charge is 0.412 e. The summed E-state index contributed by atoms with van der Waals surface area (Å²) in [7, 11) is -3.76. The summed E-state index contributed by atoms with van der Waals surface area (Å²) in [5.41, 5.74) is 1.13. The van der Waals surface area contributed by atoms with Crippen molar-refractivity contribution >= 4 is 62.2 Å². The van der Waals surface area contributed by atoms with Gasteiger partial charge in [-0.05, 0) is 68.3 Å². The van der Waals surface area contributed by atoms with Gasteiger partial charge in [0.15, 0.2) is 5.82 Å². The van der Waals surface area contributed by atoms with Crippen LogP contribution in [0.15, 0.2) is 54.7 Å². The topological polar surface area (TPSA) is 122 Å². The molecule has 1 amide bonds. The quantitative estimate of drug-likeness (QED) is 0.333. The molecule has 0 saturated heterocycles. The maximum absolute atomic E-state index is 12.8. The molecule has 0 saturated carbocycles. The molecule has 0 spiro atoms. The Kier molecular flexibility index (Phi) is 7.86. The van der Waals surface area contributed by atoms with Crippen molar-refractivity contribution in [3.05, 3.63) is 70.6 Å². The molecule has 9 nitrogen and oxygen atoms in total. The van der Waals surface area contributed by atoms with Crippen LogP contribution in [0, 0.1) is 0 Å². The Bertz CT molecular complexity index is 1300. The van der Waals surface area contributed by atoms with Crippen molar-refractivity contribution in [2.45, 2.75) is 32.1 Å². The van der Waals surface area contributed by atoms with E-state index in [4.69, 9.17) is 27.9 Å². The van der Waals surface area contributed by atoms with Crippen molar-refractivity contribution in [1.29, 1.82) is 0 Å². The Morgan fingerprint density at radius 3 is 2.44 bits per heavy atom. The number of ether oxygens (including phenoxy) is 1. The van der Waals surface area contributed by atoms with Crippen LogP contribution in [-0.4, -0.2) is 30.1 Å². The molecule has 12 heteroatoms. The molecular weight excluding hydrogens is 501 g/mol. The summed E-state index contributed by atoms with van der Waals surface area (Å²) in [4.78, 5) is 19.8. The van der Waals surface area contributed by atoms with Gasteiger partial charge in [0.2, 0.25) is 15.3 Å². The van der Waals surface area contributed by atoms with Crippen molar-refractivity contribution in [1.82, 2.24) is 9.97 Å². The van der Waals surface area contributed by atoms with Crippen molar-refractivity contribution in [2.24, 2.45) is 0 Å². The second-order valence-corrected chi connectivity index (χ2v) is 10.7. The molecule has 0 aliphatic rings. The Morgan fingerprint density at radius 1 is 1.03 bits per heavy atom. The van der Waals surface area contributed by atoms with Crippen molar-refractivity contribution in [3.63, 3.8) is 0 Å². The van der Waals surface area contributed by atoms with E-state index in [1.54, 1.807) is 63.2 Å². The molecule has 0 bridgehead atoms. The standard InChI is InChI=1S/C22H23Cl2N5O4S/c1-22(2,3)33-21(30)27-16-8-5-9-17(11-16)29-34(31,32)13-14-6-4-7-15(10-14)26-19-18(23)12-25-20(24)28-19/h4-12,29H,13H2,1-3H3,(H,27,30)(H,25,26,28). The van der Waals surface area contributed by atoms with Gasteiger partial charge in [-0.3, -0.25) is 10.0 Å². The second-order valence-electron chi connectivity index (χ2n) is 8.23. The summed E-state index contributed by atoms with van der Waals surface area (Å²) in [6.45, 7) is 5.25. The fourth-order valence-electron chi connectivity index (χ4n) is 2.83. The van der Waals surface area contributed by atoms with Crippen LogP contribution in [0.2, 0.25) is 10.3 Å². The summed E-state index contributed by atoms with van der Waals surface area (Å²) >= 11 is 11.9. The number of amides is 1. The van der Waals surface area contributed by atoms with Crippen LogP contribution in [0.5, 0.6) is 0 Å². The number of sulfonamides is 1. The van der Waals surface area contributed by atoms with Crippen molar-refractivity contribution < 1.29 is 17.9 Å². The molecule has 1 heterocycles. The molecule has 34 heavy (non-hydrogen) atoms. The third kappa shape index (κ3) is 8.05. The summed E-state index contributed by atoms with van der Waals surface area (Å²) in [6.07, 6.45) is 0.727. The third-order valence-electron chi connectivity index (χ3n) is 4.04. The van der Waals surface area contributed by atoms with E-state index in [-0.39, 0.29) is 16.1 Å². The average molecular weight is 524 g/mol. The van der Waals surface area contributed by atoms with Crippen LogP contribution in [-0.2, 0) is 20.5 Å². The molecule has 0 unspecified atom stereocenters. The number of nitrogens with one attached hydrogen (secondary N) is 3.